The number of ether oxygens (including phenoxy) is 2. The summed E-state index contributed by atoms with van der Waals surface area (Å²) < 4.78 is 42.1. The van der Waals surface area contributed by atoms with Crippen molar-refractivity contribution in [1.29, 1.82) is 0 Å². The minimum absolute atomic E-state index is 0.00827. The molecule has 0 saturated carbocycles. The lowest BCUT2D eigenvalue weighted by molar-refractivity contribution is -0.253. The molecule has 1 fully saturated rings. The summed E-state index contributed by atoms with van der Waals surface area (Å²) in [4.78, 5) is 2.90. The van der Waals surface area contributed by atoms with E-state index in [-0.39, 0.29) is 30.3 Å². The van der Waals surface area contributed by atoms with Gasteiger partial charge in [0.25, 0.3) is 0 Å². The predicted octanol–water partition coefficient (Wildman–Crippen LogP) is 10.9. The summed E-state index contributed by atoms with van der Waals surface area (Å²) in [5.41, 5.74) is 5.80. The lowest BCUT2D eigenvalue weighted by Crippen LogP contribution is -2.40. The van der Waals surface area contributed by atoms with Crippen molar-refractivity contribution in [2.24, 2.45) is 0 Å². The zero-order chi connectivity index (χ0) is 38.7. The Morgan fingerprint density at radius 2 is 1.27 bits per heavy atom. The van der Waals surface area contributed by atoms with Crippen LogP contribution in [0.1, 0.15) is 132 Å². The Kier molecular flexibility index (Phi) is 17.9. The van der Waals surface area contributed by atoms with E-state index in [1.165, 1.54) is 77.0 Å². The Labute approximate surface area is 331 Å². The first-order valence-electron chi connectivity index (χ1n) is 20.9. The van der Waals surface area contributed by atoms with E-state index in [1.807, 2.05) is 42.5 Å². The molecule has 0 spiro atoms. The number of hydrogen-bond acceptors (Lipinski definition) is 6. The Morgan fingerprint density at radius 1 is 0.655 bits per heavy atom. The van der Waals surface area contributed by atoms with Crippen molar-refractivity contribution in [3.8, 4) is 11.1 Å². The number of nitrogens with zero attached hydrogens (tertiary/aromatic N) is 1. The van der Waals surface area contributed by atoms with Crippen LogP contribution in [0.25, 0.3) is 11.1 Å². The monoisotopic (exact) mass is 768 g/mol. The third-order valence-corrected chi connectivity index (χ3v) is 12.1. The minimum atomic E-state index is -3.62. The van der Waals surface area contributed by atoms with Crippen LogP contribution in [0.4, 0.5) is 0 Å². The van der Waals surface area contributed by atoms with Gasteiger partial charge in [-0.3, -0.25) is 0 Å². The van der Waals surface area contributed by atoms with Gasteiger partial charge in [-0.15, -0.1) is 0 Å². The normalized spacial score (nSPS) is 17.5. The molecule has 0 aromatic heterocycles. The van der Waals surface area contributed by atoms with Gasteiger partial charge < -0.3 is 19.5 Å². The van der Waals surface area contributed by atoms with Crippen molar-refractivity contribution in [3.05, 3.63) is 125 Å². The average molecular weight is 769 g/mol. The highest BCUT2D eigenvalue weighted by atomic mass is 32.2. The van der Waals surface area contributed by atoms with Crippen molar-refractivity contribution in [3.63, 3.8) is 0 Å². The molecule has 7 nitrogen and oxygen atoms in total. The molecule has 1 saturated heterocycles. The molecule has 8 heteroatoms. The molecule has 298 valence electrons. The van der Waals surface area contributed by atoms with Crippen molar-refractivity contribution < 1.29 is 23.0 Å². The Balaban J connectivity index is 1.32. The molecule has 0 amide bonds. The molecular weight excluding hydrogens is 705 g/mol. The van der Waals surface area contributed by atoms with Crippen LogP contribution < -0.4 is 4.72 Å². The number of unbranched alkanes of at least 4 members (excludes halogenated alkanes) is 10. The van der Waals surface area contributed by atoms with Crippen LogP contribution >= 0.6 is 0 Å². The molecule has 1 aliphatic heterocycles. The summed E-state index contributed by atoms with van der Waals surface area (Å²) >= 11 is 0. The van der Waals surface area contributed by atoms with E-state index in [0.29, 0.717) is 0 Å². The maximum atomic E-state index is 12.9. The smallest absolute Gasteiger partial charge is 0.240 e. The summed E-state index contributed by atoms with van der Waals surface area (Å²) in [5.74, 6) is 0. The van der Waals surface area contributed by atoms with Gasteiger partial charge in [-0.25, -0.2) is 13.1 Å². The highest BCUT2D eigenvalue weighted by Gasteiger charge is 2.33. The lowest BCUT2D eigenvalue weighted by Gasteiger charge is -2.38. The van der Waals surface area contributed by atoms with Gasteiger partial charge in [-0.05, 0) is 78.0 Å². The van der Waals surface area contributed by atoms with Gasteiger partial charge in [0.05, 0.1) is 23.7 Å². The van der Waals surface area contributed by atoms with Crippen LogP contribution in [-0.4, -0.2) is 44.2 Å². The number of rotatable bonds is 24. The van der Waals surface area contributed by atoms with E-state index in [9.17, 15) is 13.5 Å². The molecule has 0 aliphatic carbocycles. The SMILES string of the molecule is CCCCCCCCN(CCCCCCCC)C[C@H]1C[C@@H](c2ccc(CO)cc2)O[C@@H](c2cccc(-c3cccc(CNS(=O)(=O)c4ccccc4)c3)c2)O1. The number of nitrogens with one attached hydrogen (secondary N) is 1. The molecule has 1 aliphatic rings. The van der Waals surface area contributed by atoms with Crippen molar-refractivity contribution in [1.82, 2.24) is 9.62 Å². The Morgan fingerprint density at radius 3 is 1.93 bits per heavy atom. The molecule has 1 heterocycles. The maximum Gasteiger partial charge on any atom is 0.240 e. The third-order valence-electron chi connectivity index (χ3n) is 10.7. The first kappa shape index (κ1) is 42.8. The van der Waals surface area contributed by atoms with Crippen LogP contribution in [-0.2, 0) is 32.6 Å². The second-order valence-electron chi connectivity index (χ2n) is 15.1. The van der Waals surface area contributed by atoms with E-state index < -0.39 is 16.3 Å². The third kappa shape index (κ3) is 14.0. The van der Waals surface area contributed by atoms with Crippen LogP contribution in [0.5, 0.6) is 0 Å². The second-order valence-corrected chi connectivity index (χ2v) is 16.9. The number of aliphatic hydroxyl groups excluding tert-OH is 1. The average Bonchev–Trinajstić information content (AvgIpc) is 3.23. The molecule has 0 bridgehead atoms. The zero-order valence-electron chi connectivity index (χ0n) is 33.2. The summed E-state index contributed by atoms with van der Waals surface area (Å²) in [5, 5.41) is 9.70. The summed E-state index contributed by atoms with van der Waals surface area (Å²) in [6.07, 6.45) is 15.5. The van der Waals surface area contributed by atoms with Gasteiger partial charge in [0.2, 0.25) is 10.0 Å². The fraction of sp³-hybridized carbons (Fsp3) is 0.489. The van der Waals surface area contributed by atoms with Crippen LogP contribution in [0, 0.1) is 0 Å². The second kappa shape index (κ2) is 23.0. The van der Waals surface area contributed by atoms with E-state index in [0.717, 1.165) is 59.4 Å². The maximum absolute atomic E-state index is 12.9. The highest BCUT2D eigenvalue weighted by molar-refractivity contribution is 7.89. The fourth-order valence-corrected chi connectivity index (χ4v) is 8.47. The van der Waals surface area contributed by atoms with E-state index >= 15 is 0 Å². The minimum Gasteiger partial charge on any atom is -0.392 e. The summed E-state index contributed by atoms with van der Waals surface area (Å²) in [7, 11) is -3.62. The largest absolute Gasteiger partial charge is 0.392 e. The fourth-order valence-electron chi connectivity index (χ4n) is 7.43. The van der Waals surface area contributed by atoms with Crippen molar-refractivity contribution >= 4 is 10.0 Å². The quantitative estimate of drug-likeness (QED) is 0.0690. The highest BCUT2D eigenvalue weighted by Crippen LogP contribution is 2.39. The van der Waals surface area contributed by atoms with Crippen molar-refractivity contribution in [2.75, 3.05) is 19.6 Å². The number of sulfonamides is 1. The Hall–Kier alpha value is -3.37. The van der Waals surface area contributed by atoms with Gasteiger partial charge in [-0.2, -0.15) is 0 Å². The van der Waals surface area contributed by atoms with Gasteiger partial charge in [0.15, 0.2) is 6.29 Å². The molecule has 5 rings (SSSR count). The first-order chi connectivity index (χ1) is 26.9. The van der Waals surface area contributed by atoms with Crippen LogP contribution in [0.2, 0.25) is 0 Å². The topological polar surface area (TPSA) is 88.1 Å². The molecule has 0 unspecified atom stereocenters. The summed E-state index contributed by atoms with van der Waals surface area (Å²) in [6.45, 7) is 7.80. The van der Waals surface area contributed by atoms with E-state index in [4.69, 9.17) is 9.47 Å². The van der Waals surface area contributed by atoms with Crippen LogP contribution in [0.3, 0.4) is 0 Å². The summed E-state index contributed by atoms with van der Waals surface area (Å²) in [6, 6.07) is 32.9. The van der Waals surface area contributed by atoms with Gasteiger partial charge in [0.1, 0.15) is 0 Å². The number of aliphatic hydroxyl groups is 1. The Bertz CT molecular complexity index is 1770. The number of benzene rings is 4. The van der Waals surface area contributed by atoms with E-state index in [2.05, 4.69) is 53.8 Å². The predicted molar refractivity (Wildman–Crippen MR) is 224 cm³/mol. The zero-order valence-corrected chi connectivity index (χ0v) is 34.0. The molecule has 4 aromatic carbocycles. The van der Waals surface area contributed by atoms with Crippen molar-refractivity contribution in [2.45, 2.75) is 134 Å². The standard InChI is InChI=1S/C47H64N2O5S/c1-3-5-7-9-11-16-30-49(31-17-12-10-8-6-4-2)36-44-34-46(40-28-26-38(37-50)27-29-40)54-47(53-44)43-23-19-22-42(33-43)41-21-18-20-39(32-41)35-48-55(51,52)45-24-14-13-15-25-45/h13-15,18-29,32-33,44,46-48,50H,3-12,16-17,30-31,34-37H2,1-2H3/t44-,46+,47+/m1/s1. The molecule has 2 N–H and O–H groups in total. The van der Waals surface area contributed by atoms with Gasteiger partial charge in [0, 0.05) is 25.1 Å². The van der Waals surface area contributed by atoms with Gasteiger partial charge in [-0.1, -0.05) is 157 Å². The molecule has 55 heavy (non-hydrogen) atoms. The molecule has 0 radical (unpaired) electrons. The molecule has 4 aromatic rings. The molecular formula is C47H64N2O5S. The van der Waals surface area contributed by atoms with E-state index in [1.54, 1.807) is 30.3 Å². The molecule has 3 atom stereocenters. The first-order valence-corrected chi connectivity index (χ1v) is 22.3. The lowest BCUT2D eigenvalue weighted by atomic mass is 9.98. The van der Waals surface area contributed by atoms with Gasteiger partial charge >= 0.3 is 0 Å². The van der Waals surface area contributed by atoms with Crippen LogP contribution in [0.15, 0.2) is 108 Å². The number of hydrogen-bond donors (Lipinski definition) is 2.